The van der Waals surface area contributed by atoms with Gasteiger partial charge < -0.3 is 40.3 Å². The first-order valence-corrected chi connectivity index (χ1v) is 13.0. The number of aryl methyl sites for hydroxylation is 1. The van der Waals surface area contributed by atoms with Gasteiger partial charge in [0.25, 0.3) is 0 Å². The Balaban J connectivity index is 1.39. The van der Waals surface area contributed by atoms with Crippen molar-refractivity contribution in [1.29, 1.82) is 0 Å². The van der Waals surface area contributed by atoms with Crippen molar-refractivity contribution in [2.24, 2.45) is 11.5 Å². The zero-order chi connectivity index (χ0) is 28.1. The number of phenols is 1. The molecule has 6 N–H and O–H groups in total. The smallest absolute Gasteiger partial charge is 0.341 e. The Morgan fingerprint density at radius 2 is 2.00 bits per heavy atom. The molecule has 1 fully saturated rings. The van der Waals surface area contributed by atoms with Crippen LogP contribution < -0.4 is 21.6 Å². The van der Waals surface area contributed by atoms with E-state index in [0.29, 0.717) is 29.9 Å². The highest BCUT2D eigenvalue weighted by Crippen LogP contribution is 2.47. The number of rotatable bonds is 8. The fourth-order valence-electron chi connectivity index (χ4n) is 5.33. The van der Waals surface area contributed by atoms with E-state index in [4.69, 9.17) is 30.1 Å². The van der Waals surface area contributed by atoms with E-state index in [1.807, 2.05) is 24.3 Å². The van der Waals surface area contributed by atoms with E-state index in [1.165, 1.54) is 6.07 Å². The summed E-state index contributed by atoms with van der Waals surface area (Å²) in [7, 11) is 0. The van der Waals surface area contributed by atoms with Crippen molar-refractivity contribution in [1.82, 2.24) is 0 Å². The summed E-state index contributed by atoms with van der Waals surface area (Å²) < 4.78 is 23.8. The summed E-state index contributed by atoms with van der Waals surface area (Å²) in [5.41, 5.74) is 11.3. The SMILES string of the molecule is Cc1cc(=O)c2c(O)c3c(cc2o1)OC(C)(C)[C@H](OC(=O)[C@@]1(CCCO)O[C@@H]1Cc1cccc(C(N)N)c1)C3. The van der Waals surface area contributed by atoms with Crippen LogP contribution in [0.5, 0.6) is 11.5 Å². The number of carbonyl (C=O) groups is 1. The number of epoxide rings is 1. The second-order valence-corrected chi connectivity index (χ2v) is 10.9. The molecule has 10 nitrogen and oxygen atoms in total. The number of aliphatic hydroxyl groups is 1. The van der Waals surface area contributed by atoms with Crippen LogP contribution in [-0.4, -0.2) is 46.2 Å². The van der Waals surface area contributed by atoms with Crippen molar-refractivity contribution in [3.8, 4) is 11.5 Å². The van der Waals surface area contributed by atoms with E-state index in [9.17, 15) is 19.8 Å². The maximum absolute atomic E-state index is 13.6. The second kappa shape index (κ2) is 9.95. The molecule has 0 unspecified atom stereocenters. The fraction of sp³-hybridized carbons (Fsp3) is 0.448. The average molecular weight is 539 g/mol. The third-order valence-electron chi connectivity index (χ3n) is 7.59. The van der Waals surface area contributed by atoms with E-state index in [-0.39, 0.29) is 41.6 Å². The number of hydrogen-bond donors (Lipinski definition) is 4. The van der Waals surface area contributed by atoms with Gasteiger partial charge in [0.1, 0.15) is 46.0 Å². The summed E-state index contributed by atoms with van der Waals surface area (Å²) in [5.74, 6) is -0.0346. The molecule has 0 spiro atoms. The van der Waals surface area contributed by atoms with Gasteiger partial charge in [-0.15, -0.1) is 0 Å². The van der Waals surface area contributed by atoms with Crippen LogP contribution in [0.25, 0.3) is 11.0 Å². The van der Waals surface area contributed by atoms with E-state index >= 15 is 0 Å². The third-order valence-corrected chi connectivity index (χ3v) is 7.59. The van der Waals surface area contributed by atoms with Gasteiger partial charge in [-0.2, -0.15) is 0 Å². The fourth-order valence-corrected chi connectivity index (χ4v) is 5.33. The molecule has 1 aromatic heterocycles. The predicted molar refractivity (Wildman–Crippen MR) is 142 cm³/mol. The first-order chi connectivity index (χ1) is 18.4. The molecule has 10 heteroatoms. The number of benzene rings is 2. The van der Waals surface area contributed by atoms with E-state index in [2.05, 4.69) is 0 Å². The van der Waals surface area contributed by atoms with Crippen molar-refractivity contribution in [3.63, 3.8) is 0 Å². The first-order valence-electron chi connectivity index (χ1n) is 13.0. The number of phenolic OH excluding ortho intramolecular Hbond substituents is 1. The Labute approximate surface area is 225 Å². The van der Waals surface area contributed by atoms with Gasteiger partial charge in [-0.1, -0.05) is 24.3 Å². The Hall–Kier alpha value is -3.44. The molecule has 208 valence electrons. The van der Waals surface area contributed by atoms with Crippen LogP contribution in [-0.2, 0) is 27.1 Å². The summed E-state index contributed by atoms with van der Waals surface area (Å²) >= 11 is 0. The van der Waals surface area contributed by atoms with Gasteiger partial charge >= 0.3 is 5.97 Å². The Morgan fingerprint density at radius 3 is 2.72 bits per heavy atom. The monoisotopic (exact) mass is 538 g/mol. The number of aromatic hydroxyl groups is 1. The van der Waals surface area contributed by atoms with Gasteiger partial charge in [0, 0.05) is 37.1 Å². The van der Waals surface area contributed by atoms with Crippen LogP contribution in [0.1, 0.15) is 55.3 Å². The standard InChI is InChI=1S/C29H34N2O8/c1-15-10-19(33)24-21(36-15)14-20-18(25(24)34)13-22(28(2,3)38-20)37-27(35)29(8-5-9-32)23(39-29)12-16-6-4-7-17(11-16)26(30)31/h4,6-7,10-11,14,22-23,26,32,34H,5,8-9,12-13,30-31H2,1-3H3/t22-,23-,29+/m1/s1. The summed E-state index contributed by atoms with van der Waals surface area (Å²) in [5, 5.41) is 20.5. The van der Waals surface area contributed by atoms with Gasteiger partial charge in [0.05, 0.1) is 6.17 Å². The molecule has 3 atom stereocenters. The first kappa shape index (κ1) is 27.1. The lowest BCUT2D eigenvalue weighted by Gasteiger charge is -2.39. The zero-order valence-corrected chi connectivity index (χ0v) is 22.2. The number of fused-ring (bicyclic) bond motifs is 2. The predicted octanol–water partition coefficient (Wildman–Crippen LogP) is 2.50. The lowest BCUT2D eigenvalue weighted by atomic mass is 9.89. The van der Waals surface area contributed by atoms with Crippen molar-refractivity contribution in [2.75, 3.05) is 6.61 Å². The molecule has 1 saturated heterocycles. The maximum atomic E-state index is 13.6. The number of carbonyl (C=O) groups excluding carboxylic acids is 1. The molecule has 0 radical (unpaired) electrons. The molecular formula is C29H34N2O8. The van der Waals surface area contributed by atoms with E-state index in [0.717, 1.165) is 11.1 Å². The summed E-state index contributed by atoms with van der Waals surface area (Å²) in [6, 6.07) is 10.4. The van der Waals surface area contributed by atoms with Gasteiger partial charge in [-0.25, -0.2) is 4.79 Å². The molecule has 0 amide bonds. The van der Waals surface area contributed by atoms with Crippen molar-refractivity contribution < 1.29 is 33.6 Å². The molecule has 0 saturated carbocycles. The number of aliphatic hydroxyl groups excluding tert-OH is 1. The van der Waals surface area contributed by atoms with Gasteiger partial charge in [0.15, 0.2) is 11.0 Å². The topological polar surface area (TPSA) is 171 Å². The van der Waals surface area contributed by atoms with Crippen LogP contribution in [0, 0.1) is 6.92 Å². The quantitative estimate of drug-likeness (QED) is 0.190. The molecule has 3 aromatic rings. The normalized spacial score (nSPS) is 23.4. The van der Waals surface area contributed by atoms with Crippen molar-refractivity contribution in [3.05, 3.63) is 69.1 Å². The summed E-state index contributed by atoms with van der Waals surface area (Å²) in [4.78, 5) is 26.2. The highest BCUT2D eigenvalue weighted by atomic mass is 16.7. The van der Waals surface area contributed by atoms with Crippen LogP contribution in [0.2, 0.25) is 0 Å². The number of esters is 1. The largest absolute Gasteiger partial charge is 0.507 e. The molecule has 2 aliphatic rings. The minimum atomic E-state index is -1.22. The second-order valence-electron chi connectivity index (χ2n) is 10.9. The number of hydrogen-bond acceptors (Lipinski definition) is 10. The highest BCUT2D eigenvalue weighted by Gasteiger charge is 2.63. The molecule has 2 aromatic carbocycles. The minimum Gasteiger partial charge on any atom is -0.507 e. The summed E-state index contributed by atoms with van der Waals surface area (Å²) in [6.45, 7) is 5.13. The Morgan fingerprint density at radius 1 is 1.23 bits per heavy atom. The van der Waals surface area contributed by atoms with E-state index < -0.39 is 35.5 Å². The lowest BCUT2D eigenvalue weighted by molar-refractivity contribution is -0.168. The molecule has 2 aliphatic heterocycles. The highest BCUT2D eigenvalue weighted by molar-refractivity contribution is 5.87. The van der Waals surface area contributed by atoms with Crippen molar-refractivity contribution >= 4 is 16.9 Å². The maximum Gasteiger partial charge on any atom is 0.341 e. The zero-order valence-electron chi connectivity index (χ0n) is 22.2. The number of nitrogens with two attached hydrogens (primary N) is 2. The molecular weight excluding hydrogens is 504 g/mol. The van der Waals surface area contributed by atoms with Crippen LogP contribution in [0.15, 0.2) is 45.6 Å². The van der Waals surface area contributed by atoms with Crippen LogP contribution >= 0.6 is 0 Å². The Kier molecular flexibility index (Phi) is 6.92. The Bertz CT molecular complexity index is 1480. The van der Waals surface area contributed by atoms with E-state index in [1.54, 1.807) is 26.8 Å². The molecule has 0 bridgehead atoms. The lowest BCUT2D eigenvalue weighted by Crippen LogP contribution is -2.50. The molecule has 5 rings (SSSR count). The van der Waals surface area contributed by atoms with Crippen LogP contribution in [0.4, 0.5) is 0 Å². The van der Waals surface area contributed by atoms with Gasteiger partial charge in [-0.3, -0.25) is 4.79 Å². The van der Waals surface area contributed by atoms with Gasteiger partial charge in [0.2, 0.25) is 0 Å². The van der Waals surface area contributed by atoms with Gasteiger partial charge in [-0.05, 0) is 44.7 Å². The molecule has 3 heterocycles. The molecule has 0 aliphatic carbocycles. The van der Waals surface area contributed by atoms with Crippen molar-refractivity contribution in [2.45, 2.75) is 76.0 Å². The average Bonchev–Trinajstić information content (AvgIpc) is 3.56. The number of ether oxygens (including phenoxy) is 3. The van der Waals surface area contributed by atoms with Crippen LogP contribution in [0.3, 0.4) is 0 Å². The summed E-state index contributed by atoms with van der Waals surface area (Å²) in [6.07, 6.45) is -0.650. The third kappa shape index (κ3) is 5.00. The molecule has 39 heavy (non-hydrogen) atoms. The minimum absolute atomic E-state index is 0.0529.